The molecule has 0 saturated heterocycles. The van der Waals surface area contributed by atoms with E-state index in [-0.39, 0.29) is 18.9 Å². The van der Waals surface area contributed by atoms with Crippen molar-refractivity contribution in [1.29, 1.82) is 0 Å². The summed E-state index contributed by atoms with van der Waals surface area (Å²) in [7, 11) is -3.85. The molecule has 3 rings (SSSR count). The summed E-state index contributed by atoms with van der Waals surface area (Å²) in [5, 5.41) is 3.35. The fourth-order valence-corrected chi connectivity index (χ4v) is 5.26. The van der Waals surface area contributed by atoms with Gasteiger partial charge in [0.05, 0.1) is 18.6 Å². The maximum atomic E-state index is 14.0. The molecule has 0 fully saturated rings. The van der Waals surface area contributed by atoms with Gasteiger partial charge in [0.2, 0.25) is 21.8 Å². The van der Waals surface area contributed by atoms with Gasteiger partial charge < -0.3 is 15.0 Å². The largest absolute Gasteiger partial charge is 0.494 e. The summed E-state index contributed by atoms with van der Waals surface area (Å²) in [6, 6.07) is 22.1. The molecule has 0 aliphatic rings. The topological polar surface area (TPSA) is 96.0 Å². The van der Waals surface area contributed by atoms with E-state index in [1.54, 1.807) is 48.5 Å². The first-order chi connectivity index (χ1) is 19.1. The van der Waals surface area contributed by atoms with Crippen molar-refractivity contribution in [1.82, 2.24) is 10.2 Å². The van der Waals surface area contributed by atoms with Gasteiger partial charge in [-0.15, -0.1) is 0 Å². The number of carbonyl (C=O) groups excluding carboxylic acids is 2. The van der Waals surface area contributed by atoms with Gasteiger partial charge in [0, 0.05) is 24.5 Å². The van der Waals surface area contributed by atoms with Crippen LogP contribution in [0.15, 0.2) is 78.9 Å². The number of rotatable bonds is 14. The Bertz CT molecular complexity index is 1370. The molecule has 8 nitrogen and oxygen atoms in total. The minimum atomic E-state index is -3.85. The number of hydrogen-bond donors (Lipinski definition) is 1. The molecule has 0 bridgehead atoms. The maximum absolute atomic E-state index is 14.0. The van der Waals surface area contributed by atoms with Crippen LogP contribution in [-0.4, -0.2) is 57.1 Å². The quantitative estimate of drug-likeness (QED) is 0.297. The third kappa shape index (κ3) is 8.72. The Hall–Kier alpha value is -3.56. The van der Waals surface area contributed by atoms with Crippen LogP contribution in [0.4, 0.5) is 5.69 Å². The highest BCUT2D eigenvalue weighted by Crippen LogP contribution is 2.24. The van der Waals surface area contributed by atoms with Crippen LogP contribution in [0.3, 0.4) is 0 Å². The van der Waals surface area contributed by atoms with Crippen LogP contribution in [0.2, 0.25) is 5.02 Å². The van der Waals surface area contributed by atoms with Gasteiger partial charge in [0.15, 0.2) is 0 Å². The molecule has 10 heteroatoms. The molecule has 1 N–H and O–H groups in total. The summed E-state index contributed by atoms with van der Waals surface area (Å²) < 4.78 is 32.3. The molecule has 2 amide bonds. The predicted octanol–water partition coefficient (Wildman–Crippen LogP) is 4.67. The average Bonchev–Trinajstić information content (AvgIpc) is 2.93. The van der Waals surface area contributed by atoms with Gasteiger partial charge in [-0.2, -0.15) is 0 Å². The van der Waals surface area contributed by atoms with Crippen molar-refractivity contribution >= 4 is 39.1 Å². The van der Waals surface area contributed by atoms with Crippen LogP contribution in [-0.2, 0) is 32.6 Å². The molecule has 3 aromatic rings. The smallest absolute Gasteiger partial charge is 0.244 e. The van der Waals surface area contributed by atoms with Crippen LogP contribution >= 0.6 is 11.6 Å². The monoisotopic (exact) mass is 585 g/mol. The van der Waals surface area contributed by atoms with E-state index in [2.05, 4.69) is 5.32 Å². The van der Waals surface area contributed by atoms with Gasteiger partial charge in [-0.25, -0.2) is 8.42 Å². The van der Waals surface area contributed by atoms with Gasteiger partial charge in [0.25, 0.3) is 0 Å². The van der Waals surface area contributed by atoms with Gasteiger partial charge in [-0.3, -0.25) is 13.9 Å². The number of anilines is 1. The molecule has 0 saturated carbocycles. The number of nitrogens with one attached hydrogen (secondary N) is 1. The van der Waals surface area contributed by atoms with Crippen LogP contribution in [0, 0.1) is 0 Å². The number of sulfonamides is 1. The SMILES string of the molecule is CCCNC(=O)C(Cc1ccccc1)N(Cc1ccccc1Cl)C(=O)CN(c1ccc(OCC)cc1)S(C)(=O)=O. The highest BCUT2D eigenvalue weighted by molar-refractivity contribution is 7.92. The zero-order chi connectivity index (χ0) is 29.1. The highest BCUT2D eigenvalue weighted by atomic mass is 35.5. The Labute approximate surface area is 241 Å². The normalized spacial score (nSPS) is 11.9. The number of hydrogen-bond acceptors (Lipinski definition) is 5. The summed E-state index contributed by atoms with van der Waals surface area (Å²) in [6.07, 6.45) is 2.01. The summed E-state index contributed by atoms with van der Waals surface area (Å²) in [5.74, 6) is -0.271. The van der Waals surface area contributed by atoms with E-state index in [9.17, 15) is 18.0 Å². The van der Waals surface area contributed by atoms with Crippen molar-refractivity contribution < 1.29 is 22.7 Å². The number of halogens is 1. The molecule has 0 spiro atoms. The van der Waals surface area contributed by atoms with Crippen molar-refractivity contribution in [3.05, 3.63) is 95.0 Å². The summed E-state index contributed by atoms with van der Waals surface area (Å²) in [4.78, 5) is 29.0. The zero-order valence-corrected chi connectivity index (χ0v) is 24.6. The van der Waals surface area contributed by atoms with E-state index >= 15 is 0 Å². The van der Waals surface area contributed by atoms with Gasteiger partial charge >= 0.3 is 0 Å². The Morgan fingerprint density at radius 1 is 0.950 bits per heavy atom. The molecular formula is C30H36ClN3O5S. The molecule has 0 aliphatic heterocycles. The molecule has 0 aromatic heterocycles. The Morgan fingerprint density at radius 3 is 2.20 bits per heavy atom. The third-order valence-electron chi connectivity index (χ3n) is 6.23. The average molecular weight is 586 g/mol. The van der Waals surface area contributed by atoms with Crippen molar-refractivity contribution in [2.24, 2.45) is 0 Å². The first-order valence-electron chi connectivity index (χ1n) is 13.2. The lowest BCUT2D eigenvalue weighted by molar-refractivity contribution is -0.140. The van der Waals surface area contributed by atoms with E-state index in [0.717, 1.165) is 22.5 Å². The summed E-state index contributed by atoms with van der Waals surface area (Å²) in [5.41, 5.74) is 1.82. The number of ether oxygens (including phenoxy) is 1. The standard InChI is InChI=1S/C30H36ClN3O5S/c1-4-19-32-30(36)28(20-23-11-7-6-8-12-23)33(21-24-13-9-10-14-27(24)31)29(35)22-34(40(3,37)38)25-15-17-26(18-16-25)39-5-2/h6-18,28H,4-5,19-22H2,1-3H3,(H,32,36). The Morgan fingerprint density at radius 2 is 1.60 bits per heavy atom. The van der Waals surface area contributed by atoms with E-state index in [1.165, 1.54) is 4.90 Å². The highest BCUT2D eigenvalue weighted by Gasteiger charge is 2.33. The Balaban J connectivity index is 2.03. The van der Waals surface area contributed by atoms with Crippen molar-refractivity contribution in [3.63, 3.8) is 0 Å². The van der Waals surface area contributed by atoms with Crippen LogP contribution in [0.1, 0.15) is 31.4 Å². The molecule has 1 unspecified atom stereocenters. The number of benzene rings is 3. The lowest BCUT2D eigenvalue weighted by Crippen LogP contribution is -2.53. The molecule has 0 heterocycles. The number of amides is 2. The van der Waals surface area contributed by atoms with Gasteiger partial charge in [-0.1, -0.05) is 67.1 Å². The van der Waals surface area contributed by atoms with Crippen LogP contribution in [0.5, 0.6) is 5.75 Å². The van der Waals surface area contributed by atoms with E-state index in [4.69, 9.17) is 16.3 Å². The van der Waals surface area contributed by atoms with Gasteiger partial charge in [0.1, 0.15) is 18.3 Å². The van der Waals surface area contributed by atoms with Crippen molar-refractivity contribution in [2.45, 2.75) is 39.3 Å². The third-order valence-corrected chi connectivity index (χ3v) is 7.74. The molecule has 40 heavy (non-hydrogen) atoms. The maximum Gasteiger partial charge on any atom is 0.244 e. The van der Waals surface area contributed by atoms with Crippen molar-refractivity contribution in [2.75, 3.05) is 30.3 Å². The molecule has 214 valence electrons. The minimum Gasteiger partial charge on any atom is -0.494 e. The second-order valence-corrected chi connectivity index (χ2v) is 11.6. The second kappa shape index (κ2) is 14.7. The van der Waals surface area contributed by atoms with Crippen LogP contribution < -0.4 is 14.4 Å². The molecule has 0 aliphatic carbocycles. The molecule has 0 radical (unpaired) electrons. The minimum absolute atomic E-state index is 0.0242. The number of nitrogens with zero attached hydrogens (tertiary/aromatic N) is 2. The first-order valence-corrected chi connectivity index (χ1v) is 15.4. The lowest BCUT2D eigenvalue weighted by Gasteiger charge is -2.33. The summed E-state index contributed by atoms with van der Waals surface area (Å²) >= 11 is 6.46. The first kappa shape index (κ1) is 31.0. The lowest BCUT2D eigenvalue weighted by atomic mass is 10.0. The molecular weight excluding hydrogens is 550 g/mol. The van der Waals surface area contributed by atoms with E-state index in [1.807, 2.05) is 44.2 Å². The fourth-order valence-electron chi connectivity index (χ4n) is 4.22. The zero-order valence-electron chi connectivity index (χ0n) is 23.0. The molecule has 1 atom stereocenters. The fraction of sp³-hybridized carbons (Fsp3) is 0.333. The van der Waals surface area contributed by atoms with Crippen LogP contribution in [0.25, 0.3) is 0 Å². The predicted molar refractivity (Wildman–Crippen MR) is 159 cm³/mol. The number of carbonyl (C=O) groups is 2. The Kier molecular flexibility index (Phi) is 11.4. The molecule has 3 aromatic carbocycles. The van der Waals surface area contributed by atoms with Crippen molar-refractivity contribution in [3.8, 4) is 5.75 Å². The second-order valence-electron chi connectivity index (χ2n) is 9.31. The van der Waals surface area contributed by atoms with Gasteiger partial charge in [-0.05, 0) is 54.8 Å². The van der Waals surface area contributed by atoms with E-state index < -0.39 is 28.5 Å². The summed E-state index contributed by atoms with van der Waals surface area (Å²) in [6.45, 7) is 4.24. The van der Waals surface area contributed by atoms with E-state index in [0.29, 0.717) is 35.2 Å².